The molecule has 0 atom stereocenters. The van der Waals surface area contributed by atoms with Crippen LogP contribution in [-0.4, -0.2) is 48.4 Å². The predicted molar refractivity (Wildman–Crippen MR) is 90.2 cm³/mol. The van der Waals surface area contributed by atoms with Crippen molar-refractivity contribution in [2.45, 2.75) is 19.0 Å². The molecule has 1 N–H and O–H groups in total. The third-order valence-corrected chi connectivity index (χ3v) is 4.58. The molecule has 1 saturated heterocycles. The largest absolute Gasteiger partial charge is 0.493 e. The molecule has 1 fully saturated rings. The van der Waals surface area contributed by atoms with Crippen LogP contribution in [0, 0.1) is 5.92 Å². The first-order valence-electron chi connectivity index (χ1n) is 8.23. The summed E-state index contributed by atoms with van der Waals surface area (Å²) >= 11 is 0. The van der Waals surface area contributed by atoms with E-state index in [0.29, 0.717) is 24.0 Å². The maximum Gasteiger partial charge on any atom is 0.451 e. The van der Waals surface area contributed by atoms with Gasteiger partial charge in [-0.05, 0) is 18.9 Å². The normalized spacial score (nSPS) is 15.8. The van der Waals surface area contributed by atoms with E-state index in [1.807, 2.05) is 0 Å². The van der Waals surface area contributed by atoms with Crippen LogP contribution >= 0.6 is 0 Å². The van der Waals surface area contributed by atoms with Crippen LogP contribution in [0.15, 0.2) is 12.1 Å². The number of ether oxygens (including phenoxy) is 2. The first-order valence-corrected chi connectivity index (χ1v) is 8.23. The molecule has 0 saturated carbocycles. The van der Waals surface area contributed by atoms with Gasteiger partial charge in [0, 0.05) is 24.5 Å². The number of carbonyl (C=O) groups is 1. The van der Waals surface area contributed by atoms with E-state index in [-0.39, 0.29) is 30.2 Å². The number of hydrogen-bond donors (Lipinski definition) is 1. The van der Waals surface area contributed by atoms with Crippen LogP contribution in [0.25, 0.3) is 10.9 Å². The quantitative estimate of drug-likeness (QED) is 0.866. The molecule has 1 aliphatic heterocycles. The van der Waals surface area contributed by atoms with Crippen LogP contribution in [0.5, 0.6) is 11.5 Å². The molecule has 1 aliphatic rings. The lowest BCUT2D eigenvalue weighted by Crippen LogP contribution is -2.37. The zero-order valence-electron chi connectivity index (χ0n) is 14.7. The van der Waals surface area contributed by atoms with Gasteiger partial charge in [-0.25, -0.2) is 9.97 Å². The van der Waals surface area contributed by atoms with E-state index in [9.17, 15) is 18.0 Å². The van der Waals surface area contributed by atoms with Crippen LogP contribution in [0.2, 0.25) is 0 Å². The molecule has 0 bridgehead atoms. The maximum absolute atomic E-state index is 13.3. The minimum Gasteiger partial charge on any atom is -0.493 e. The summed E-state index contributed by atoms with van der Waals surface area (Å²) in [5, 5.41) is 9.50. The first kappa shape index (κ1) is 19.0. The van der Waals surface area contributed by atoms with Gasteiger partial charge in [-0.1, -0.05) is 0 Å². The number of nitrogens with zero attached hydrogens (tertiary/aromatic N) is 3. The Labute approximate surface area is 152 Å². The molecular formula is C17H18F3N3O4. The number of carboxylic acid groups (broad SMARTS) is 1. The number of anilines is 1. The van der Waals surface area contributed by atoms with Crippen molar-refractivity contribution in [1.29, 1.82) is 0 Å². The summed E-state index contributed by atoms with van der Waals surface area (Å²) in [5.74, 6) is -1.95. The fourth-order valence-electron chi connectivity index (χ4n) is 3.15. The summed E-state index contributed by atoms with van der Waals surface area (Å²) in [6.07, 6.45) is -4.06. The smallest absolute Gasteiger partial charge is 0.451 e. The Hall–Kier alpha value is -2.78. The first-order chi connectivity index (χ1) is 12.7. The van der Waals surface area contributed by atoms with Gasteiger partial charge in [0.05, 0.1) is 25.7 Å². The molecule has 0 aliphatic carbocycles. The average molecular weight is 385 g/mol. The van der Waals surface area contributed by atoms with Gasteiger partial charge in [-0.3, -0.25) is 4.79 Å². The number of halogens is 3. The van der Waals surface area contributed by atoms with Gasteiger partial charge in [0.2, 0.25) is 5.82 Å². The Bertz CT molecular complexity index is 865. The number of fused-ring (bicyclic) bond motifs is 1. The number of benzene rings is 1. The zero-order chi connectivity index (χ0) is 19.8. The summed E-state index contributed by atoms with van der Waals surface area (Å²) in [7, 11) is 2.81. The third-order valence-electron chi connectivity index (χ3n) is 4.58. The Kier molecular flexibility index (Phi) is 4.99. The Balaban J connectivity index is 2.12. The molecule has 2 aromatic rings. The topological polar surface area (TPSA) is 84.8 Å². The van der Waals surface area contributed by atoms with Gasteiger partial charge in [-0.15, -0.1) is 0 Å². The molecule has 3 rings (SSSR count). The average Bonchev–Trinajstić information content (AvgIpc) is 2.65. The highest BCUT2D eigenvalue weighted by Crippen LogP contribution is 2.38. The van der Waals surface area contributed by atoms with Crippen LogP contribution < -0.4 is 14.4 Å². The Morgan fingerprint density at radius 2 is 1.74 bits per heavy atom. The second kappa shape index (κ2) is 7.09. The molecule has 10 heteroatoms. The lowest BCUT2D eigenvalue weighted by Gasteiger charge is -2.32. The number of aromatic nitrogens is 2. The molecule has 1 aromatic carbocycles. The summed E-state index contributed by atoms with van der Waals surface area (Å²) in [4.78, 5) is 20.2. The second-order valence-electron chi connectivity index (χ2n) is 6.19. The molecule has 0 spiro atoms. The molecule has 27 heavy (non-hydrogen) atoms. The summed E-state index contributed by atoms with van der Waals surface area (Å²) < 4.78 is 50.2. The molecule has 0 radical (unpaired) electrons. The van der Waals surface area contributed by atoms with E-state index in [0.717, 1.165) is 0 Å². The summed E-state index contributed by atoms with van der Waals surface area (Å²) in [5.41, 5.74) is 0.0744. The molecule has 7 nitrogen and oxygen atoms in total. The second-order valence-corrected chi connectivity index (χ2v) is 6.19. The van der Waals surface area contributed by atoms with Crippen molar-refractivity contribution in [3.05, 3.63) is 18.0 Å². The molecule has 146 valence electrons. The zero-order valence-corrected chi connectivity index (χ0v) is 14.7. The molecule has 0 amide bonds. The van der Waals surface area contributed by atoms with E-state index in [4.69, 9.17) is 14.6 Å². The van der Waals surface area contributed by atoms with Gasteiger partial charge in [0.1, 0.15) is 5.82 Å². The minimum absolute atomic E-state index is 0.0744. The van der Waals surface area contributed by atoms with E-state index in [1.54, 1.807) is 4.90 Å². The van der Waals surface area contributed by atoms with Crippen molar-refractivity contribution in [2.24, 2.45) is 5.92 Å². The van der Waals surface area contributed by atoms with Crippen molar-refractivity contribution in [3.8, 4) is 11.5 Å². The van der Waals surface area contributed by atoms with Crippen molar-refractivity contribution in [2.75, 3.05) is 32.2 Å². The van der Waals surface area contributed by atoms with E-state index in [1.165, 1.54) is 26.4 Å². The monoisotopic (exact) mass is 385 g/mol. The van der Waals surface area contributed by atoms with Crippen LogP contribution in [0.3, 0.4) is 0 Å². The van der Waals surface area contributed by atoms with E-state index < -0.39 is 23.9 Å². The number of piperidine rings is 1. The van der Waals surface area contributed by atoms with Gasteiger partial charge >= 0.3 is 12.1 Å². The minimum atomic E-state index is -4.71. The van der Waals surface area contributed by atoms with Gasteiger partial charge in [0.15, 0.2) is 11.5 Å². The number of rotatable bonds is 4. The van der Waals surface area contributed by atoms with Crippen LogP contribution in [0.4, 0.5) is 19.0 Å². The van der Waals surface area contributed by atoms with E-state index >= 15 is 0 Å². The number of hydrogen-bond acceptors (Lipinski definition) is 6. The number of carboxylic acids is 1. The van der Waals surface area contributed by atoms with Crippen molar-refractivity contribution in [3.63, 3.8) is 0 Å². The predicted octanol–water partition coefficient (Wildman–Crippen LogP) is 2.97. The molecule has 1 aromatic heterocycles. The standard InChI is InChI=1S/C17H18F3N3O4/c1-26-12-7-10-11(8-13(12)27-2)21-16(17(18,19)20)22-14(10)23-5-3-9(4-6-23)15(24)25/h7-9H,3-6H2,1-2H3,(H,24,25). The number of alkyl halides is 3. The lowest BCUT2D eigenvalue weighted by atomic mass is 9.97. The lowest BCUT2D eigenvalue weighted by molar-refractivity contribution is -0.144. The van der Waals surface area contributed by atoms with Crippen molar-refractivity contribution >= 4 is 22.7 Å². The van der Waals surface area contributed by atoms with Crippen LogP contribution in [0.1, 0.15) is 18.7 Å². The Morgan fingerprint density at radius 1 is 1.15 bits per heavy atom. The van der Waals surface area contributed by atoms with Gasteiger partial charge in [0.25, 0.3) is 0 Å². The summed E-state index contributed by atoms with van der Waals surface area (Å²) in [6, 6.07) is 2.91. The fourth-order valence-corrected chi connectivity index (χ4v) is 3.15. The van der Waals surface area contributed by atoms with Crippen molar-refractivity contribution < 1.29 is 32.5 Å². The van der Waals surface area contributed by atoms with E-state index in [2.05, 4.69) is 9.97 Å². The Morgan fingerprint density at radius 3 is 2.26 bits per heavy atom. The highest BCUT2D eigenvalue weighted by atomic mass is 19.4. The maximum atomic E-state index is 13.3. The highest BCUT2D eigenvalue weighted by Gasteiger charge is 2.37. The molecule has 2 heterocycles. The fraction of sp³-hybridized carbons (Fsp3) is 0.471. The highest BCUT2D eigenvalue weighted by molar-refractivity contribution is 5.92. The van der Waals surface area contributed by atoms with Crippen molar-refractivity contribution in [1.82, 2.24) is 9.97 Å². The van der Waals surface area contributed by atoms with Gasteiger partial charge < -0.3 is 19.5 Å². The number of methoxy groups -OCH3 is 2. The number of aliphatic carboxylic acids is 1. The molecular weight excluding hydrogens is 367 g/mol. The van der Waals surface area contributed by atoms with Crippen LogP contribution in [-0.2, 0) is 11.0 Å². The summed E-state index contributed by atoms with van der Waals surface area (Å²) in [6.45, 7) is 0.573. The van der Waals surface area contributed by atoms with Gasteiger partial charge in [-0.2, -0.15) is 13.2 Å². The SMILES string of the molecule is COc1cc2nc(C(F)(F)F)nc(N3CCC(C(=O)O)CC3)c2cc1OC. The third kappa shape index (κ3) is 3.69. The molecule has 0 unspecified atom stereocenters.